The summed E-state index contributed by atoms with van der Waals surface area (Å²) >= 11 is 0. The average molecular weight is 502 g/mol. The van der Waals surface area contributed by atoms with Gasteiger partial charge in [-0.25, -0.2) is 4.79 Å². The SMILES string of the molecule is CC(C)(CC(N)Cc1ccc(NCCNC(=O)OCC2c3ccccc3-c3ccccc32)cc1)C(=O)O. The Kier molecular flexibility index (Phi) is 8.14. The third-order valence-electron chi connectivity index (χ3n) is 6.87. The smallest absolute Gasteiger partial charge is 0.407 e. The molecule has 1 aliphatic rings. The summed E-state index contributed by atoms with van der Waals surface area (Å²) in [5.74, 6) is -0.799. The molecule has 194 valence electrons. The van der Waals surface area contributed by atoms with E-state index in [1.165, 1.54) is 22.3 Å². The minimum Gasteiger partial charge on any atom is -0.481 e. The molecule has 37 heavy (non-hydrogen) atoms. The van der Waals surface area contributed by atoms with Crippen LogP contribution in [0.15, 0.2) is 72.8 Å². The zero-order valence-corrected chi connectivity index (χ0v) is 21.4. The van der Waals surface area contributed by atoms with E-state index in [1.807, 2.05) is 48.5 Å². The molecule has 1 unspecified atom stereocenters. The lowest BCUT2D eigenvalue weighted by molar-refractivity contribution is -0.147. The Bertz CT molecular complexity index is 1190. The zero-order chi connectivity index (χ0) is 26.4. The molecule has 0 heterocycles. The number of fused-ring (bicyclic) bond motifs is 3. The molecule has 0 aliphatic heterocycles. The van der Waals surface area contributed by atoms with Crippen molar-refractivity contribution in [3.63, 3.8) is 0 Å². The van der Waals surface area contributed by atoms with Gasteiger partial charge in [-0.3, -0.25) is 4.79 Å². The first kappa shape index (κ1) is 26.2. The van der Waals surface area contributed by atoms with Crippen LogP contribution in [0.5, 0.6) is 0 Å². The Labute approximate surface area is 218 Å². The molecule has 3 aromatic rings. The van der Waals surface area contributed by atoms with Gasteiger partial charge in [-0.05, 0) is 66.6 Å². The van der Waals surface area contributed by atoms with Crippen LogP contribution in [0.25, 0.3) is 11.1 Å². The summed E-state index contributed by atoms with van der Waals surface area (Å²) in [6.07, 6.45) is 0.585. The number of alkyl carbamates (subject to hydrolysis) is 1. The van der Waals surface area contributed by atoms with E-state index in [9.17, 15) is 14.7 Å². The number of carboxylic acid groups (broad SMARTS) is 1. The van der Waals surface area contributed by atoms with Gasteiger partial charge in [0.05, 0.1) is 5.41 Å². The van der Waals surface area contributed by atoms with Crippen molar-refractivity contribution in [1.82, 2.24) is 5.32 Å². The van der Waals surface area contributed by atoms with Crippen molar-refractivity contribution in [3.8, 4) is 11.1 Å². The number of nitrogens with one attached hydrogen (secondary N) is 2. The fraction of sp³-hybridized carbons (Fsp3) is 0.333. The molecule has 4 rings (SSSR count). The third-order valence-corrected chi connectivity index (χ3v) is 6.87. The molecule has 0 fully saturated rings. The van der Waals surface area contributed by atoms with Crippen molar-refractivity contribution < 1.29 is 19.4 Å². The van der Waals surface area contributed by atoms with Crippen molar-refractivity contribution in [2.24, 2.45) is 11.1 Å². The summed E-state index contributed by atoms with van der Waals surface area (Å²) < 4.78 is 5.57. The standard InChI is InChI=1S/C30H35N3O4/c1-30(2,28(34)35)18-21(31)17-20-11-13-22(14-12-20)32-15-16-33-29(36)37-19-27-25-9-5-3-7-23(25)24-8-4-6-10-26(24)27/h3-14,21,27,32H,15-19,31H2,1-2H3,(H,33,36)(H,34,35). The second-order valence-electron chi connectivity index (χ2n) is 10.2. The number of rotatable bonds is 11. The van der Waals surface area contributed by atoms with Crippen molar-refractivity contribution in [2.45, 2.75) is 38.6 Å². The molecule has 0 aromatic heterocycles. The van der Waals surface area contributed by atoms with Crippen molar-refractivity contribution in [1.29, 1.82) is 0 Å². The maximum atomic E-state index is 12.3. The fourth-order valence-electron chi connectivity index (χ4n) is 4.90. The van der Waals surface area contributed by atoms with E-state index < -0.39 is 17.5 Å². The van der Waals surface area contributed by atoms with Crippen LogP contribution in [0.4, 0.5) is 10.5 Å². The van der Waals surface area contributed by atoms with E-state index in [0.29, 0.717) is 32.5 Å². The van der Waals surface area contributed by atoms with E-state index in [-0.39, 0.29) is 12.0 Å². The third kappa shape index (κ3) is 6.49. The Morgan fingerprint density at radius 2 is 1.54 bits per heavy atom. The number of ether oxygens (including phenoxy) is 1. The van der Waals surface area contributed by atoms with Crippen LogP contribution in [-0.4, -0.2) is 42.9 Å². The second-order valence-corrected chi connectivity index (χ2v) is 10.2. The lowest BCUT2D eigenvalue weighted by Crippen LogP contribution is -2.34. The highest BCUT2D eigenvalue weighted by molar-refractivity contribution is 5.79. The van der Waals surface area contributed by atoms with Crippen LogP contribution in [-0.2, 0) is 16.0 Å². The van der Waals surface area contributed by atoms with Crippen LogP contribution < -0.4 is 16.4 Å². The molecule has 0 spiro atoms. The summed E-state index contributed by atoms with van der Waals surface area (Å²) in [6.45, 7) is 4.65. The quantitative estimate of drug-likeness (QED) is 0.275. The first-order chi connectivity index (χ1) is 17.7. The number of benzene rings is 3. The maximum absolute atomic E-state index is 12.3. The first-order valence-electron chi connectivity index (χ1n) is 12.7. The van der Waals surface area contributed by atoms with Crippen LogP contribution in [0.1, 0.15) is 42.9 Å². The Hall–Kier alpha value is -3.84. The van der Waals surface area contributed by atoms with Gasteiger partial charge in [-0.15, -0.1) is 0 Å². The highest BCUT2D eigenvalue weighted by Gasteiger charge is 2.30. The average Bonchev–Trinajstić information content (AvgIpc) is 3.19. The highest BCUT2D eigenvalue weighted by atomic mass is 16.5. The lowest BCUT2D eigenvalue weighted by atomic mass is 9.84. The lowest BCUT2D eigenvalue weighted by Gasteiger charge is -2.23. The predicted octanol–water partition coefficient (Wildman–Crippen LogP) is 5.01. The fourth-order valence-corrected chi connectivity index (χ4v) is 4.90. The summed E-state index contributed by atoms with van der Waals surface area (Å²) in [5, 5.41) is 15.4. The number of nitrogens with two attached hydrogens (primary N) is 1. The molecule has 1 atom stereocenters. The summed E-state index contributed by atoms with van der Waals surface area (Å²) in [6, 6.07) is 24.2. The van der Waals surface area contributed by atoms with Gasteiger partial charge in [0.25, 0.3) is 0 Å². The minimum atomic E-state index is -0.846. The summed E-state index contributed by atoms with van der Waals surface area (Å²) in [7, 11) is 0. The van der Waals surface area contributed by atoms with Gasteiger partial charge in [0.1, 0.15) is 6.61 Å². The topological polar surface area (TPSA) is 114 Å². The second kappa shape index (κ2) is 11.5. The molecule has 0 radical (unpaired) electrons. The molecule has 1 amide bonds. The van der Waals surface area contributed by atoms with E-state index in [0.717, 1.165) is 11.3 Å². The van der Waals surface area contributed by atoms with E-state index in [2.05, 4.69) is 34.9 Å². The van der Waals surface area contributed by atoms with E-state index >= 15 is 0 Å². The first-order valence-corrected chi connectivity index (χ1v) is 12.7. The van der Waals surface area contributed by atoms with Gasteiger partial charge in [0.2, 0.25) is 0 Å². The molecular weight excluding hydrogens is 466 g/mol. The Morgan fingerprint density at radius 1 is 0.946 bits per heavy atom. The monoisotopic (exact) mass is 501 g/mol. The van der Waals surface area contributed by atoms with Crippen molar-refractivity contribution in [2.75, 3.05) is 25.0 Å². The number of carbonyl (C=O) groups excluding carboxylic acids is 1. The number of anilines is 1. The Morgan fingerprint density at radius 3 is 2.14 bits per heavy atom. The van der Waals surface area contributed by atoms with Gasteiger partial charge in [0.15, 0.2) is 0 Å². The molecule has 7 nitrogen and oxygen atoms in total. The van der Waals surface area contributed by atoms with Crippen LogP contribution in [0, 0.1) is 5.41 Å². The minimum absolute atomic E-state index is 0.0399. The summed E-state index contributed by atoms with van der Waals surface area (Å²) in [5.41, 5.74) is 12.1. The number of carboxylic acids is 1. The maximum Gasteiger partial charge on any atom is 0.407 e. The molecule has 0 bridgehead atoms. The molecular formula is C30H35N3O4. The van der Waals surface area contributed by atoms with Crippen LogP contribution in [0.3, 0.4) is 0 Å². The van der Waals surface area contributed by atoms with E-state index in [4.69, 9.17) is 10.5 Å². The largest absolute Gasteiger partial charge is 0.481 e. The molecule has 5 N–H and O–H groups in total. The van der Waals surface area contributed by atoms with Gasteiger partial charge >= 0.3 is 12.1 Å². The number of aliphatic carboxylic acids is 1. The van der Waals surface area contributed by atoms with Crippen molar-refractivity contribution in [3.05, 3.63) is 89.5 Å². The Balaban J connectivity index is 1.18. The molecule has 7 heteroatoms. The molecule has 0 saturated carbocycles. The highest BCUT2D eigenvalue weighted by Crippen LogP contribution is 2.44. The molecule has 1 aliphatic carbocycles. The number of carbonyl (C=O) groups is 2. The van der Waals surface area contributed by atoms with E-state index in [1.54, 1.807) is 13.8 Å². The van der Waals surface area contributed by atoms with Crippen LogP contribution >= 0.6 is 0 Å². The number of hydrogen-bond acceptors (Lipinski definition) is 5. The number of hydrogen-bond donors (Lipinski definition) is 4. The number of amides is 1. The van der Waals surface area contributed by atoms with Gasteiger partial charge in [-0.1, -0.05) is 60.7 Å². The predicted molar refractivity (Wildman–Crippen MR) is 146 cm³/mol. The molecule has 3 aromatic carbocycles. The van der Waals surface area contributed by atoms with Gasteiger partial charge in [-0.2, -0.15) is 0 Å². The van der Waals surface area contributed by atoms with Crippen molar-refractivity contribution >= 4 is 17.7 Å². The van der Waals surface area contributed by atoms with Gasteiger partial charge in [0, 0.05) is 30.7 Å². The zero-order valence-electron chi connectivity index (χ0n) is 21.4. The normalized spacial score (nSPS) is 13.4. The van der Waals surface area contributed by atoms with Gasteiger partial charge < -0.3 is 26.2 Å². The summed E-state index contributed by atoms with van der Waals surface area (Å²) in [4.78, 5) is 23.6. The van der Waals surface area contributed by atoms with Crippen LogP contribution in [0.2, 0.25) is 0 Å². The molecule has 0 saturated heterocycles.